The fourth-order valence-electron chi connectivity index (χ4n) is 4.77. The number of nitrogens with zero attached hydrogens (tertiary/aromatic N) is 2. The molecule has 1 unspecified atom stereocenters. The molecule has 2 fully saturated rings. The molecular weight excluding hydrogens is 472 g/mol. The van der Waals surface area contributed by atoms with Crippen LogP contribution in [0.3, 0.4) is 0 Å². The number of carbonyl (C=O) groups excluding carboxylic acids is 2. The van der Waals surface area contributed by atoms with E-state index in [0.29, 0.717) is 55.6 Å². The van der Waals surface area contributed by atoms with Crippen molar-refractivity contribution >= 4 is 17.4 Å². The minimum Gasteiger partial charge on any atom is -0.508 e. The predicted octanol–water partition coefficient (Wildman–Crippen LogP) is 3.88. The molecule has 2 N–H and O–H groups in total. The number of aromatic hydroxyl groups is 1. The maximum absolute atomic E-state index is 13.3. The number of ether oxygens (including phenoxy) is 2. The van der Waals surface area contributed by atoms with Gasteiger partial charge in [-0.05, 0) is 60.7 Å². The molecule has 0 saturated carbocycles. The van der Waals surface area contributed by atoms with Crippen LogP contribution in [0.1, 0.15) is 43.0 Å². The molecule has 0 radical (unpaired) electrons. The average Bonchev–Trinajstić information content (AvgIpc) is 3.13. The Morgan fingerprint density at radius 2 is 1.78 bits per heavy atom. The molecule has 2 aromatic carbocycles. The summed E-state index contributed by atoms with van der Waals surface area (Å²) in [5, 5.41) is 21.1. The maximum atomic E-state index is 13.3. The lowest BCUT2D eigenvalue weighted by Gasteiger charge is -2.29. The van der Waals surface area contributed by atoms with Crippen LogP contribution in [0.5, 0.6) is 11.5 Å². The number of phenolic OH excluding ortho intramolecular Hbond substituents is 1. The number of hydrogen-bond acceptors (Lipinski definition) is 7. The van der Waals surface area contributed by atoms with Crippen molar-refractivity contribution in [2.75, 3.05) is 46.0 Å². The molecule has 2 aliphatic heterocycles. The normalized spacial score (nSPS) is 20.1. The summed E-state index contributed by atoms with van der Waals surface area (Å²) in [6.45, 7) is 10.8. The van der Waals surface area contributed by atoms with Gasteiger partial charge in [-0.3, -0.25) is 14.5 Å². The fraction of sp³-hybridized carbons (Fsp3) is 0.448. The first-order valence-electron chi connectivity index (χ1n) is 12.9. The van der Waals surface area contributed by atoms with E-state index in [1.54, 1.807) is 30.3 Å². The van der Waals surface area contributed by atoms with Crippen LogP contribution < -0.4 is 4.74 Å². The Hall–Kier alpha value is -3.36. The summed E-state index contributed by atoms with van der Waals surface area (Å²) in [6, 6.07) is 10.9. The van der Waals surface area contributed by atoms with Gasteiger partial charge in [0.2, 0.25) is 0 Å². The first kappa shape index (κ1) is 26.7. The summed E-state index contributed by atoms with van der Waals surface area (Å²) < 4.78 is 11.3. The second kappa shape index (κ2) is 11.8. The monoisotopic (exact) mass is 508 g/mol. The number of aliphatic hydroxyl groups excluding tert-OH is 1. The van der Waals surface area contributed by atoms with Crippen molar-refractivity contribution in [2.45, 2.75) is 33.2 Å². The summed E-state index contributed by atoms with van der Waals surface area (Å²) in [5.41, 5.74) is 1.98. The average molecular weight is 509 g/mol. The van der Waals surface area contributed by atoms with Crippen LogP contribution in [-0.4, -0.2) is 77.7 Å². The minimum atomic E-state index is -0.748. The molecule has 1 amide bonds. The highest BCUT2D eigenvalue weighted by Gasteiger charge is 2.45. The highest BCUT2D eigenvalue weighted by atomic mass is 16.5. The van der Waals surface area contributed by atoms with Gasteiger partial charge in [0.25, 0.3) is 11.7 Å². The third-order valence-corrected chi connectivity index (χ3v) is 6.75. The minimum absolute atomic E-state index is 0.0531. The summed E-state index contributed by atoms with van der Waals surface area (Å²) in [5.74, 6) is -0.387. The number of aliphatic hydroxyl groups is 1. The molecule has 0 spiro atoms. The Balaban J connectivity index is 1.65. The number of ketones is 1. The number of aryl methyl sites for hydroxylation is 1. The predicted molar refractivity (Wildman–Crippen MR) is 141 cm³/mol. The van der Waals surface area contributed by atoms with Crippen LogP contribution >= 0.6 is 0 Å². The topological polar surface area (TPSA) is 99.5 Å². The highest BCUT2D eigenvalue weighted by Crippen LogP contribution is 2.40. The highest BCUT2D eigenvalue weighted by molar-refractivity contribution is 6.46. The number of phenols is 1. The number of likely N-dealkylation sites (tertiary alicyclic amines) is 1. The van der Waals surface area contributed by atoms with E-state index >= 15 is 0 Å². The largest absolute Gasteiger partial charge is 0.508 e. The van der Waals surface area contributed by atoms with Gasteiger partial charge in [0, 0.05) is 31.7 Å². The first-order chi connectivity index (χ1) is 17.8. The smallest absolute Gasteiger partial charge is 0.295 e. The van der Waals surface area contributed by atoms with E-state index in [0.717, 1.165) is 25.2 Å². The number of carbonyl (C=O) groups is 2. The van der Waals surface area contributed by atoms with Crippen molar-refractivity contribution in [3.8, 4) is 11.5 Å². The molecule has 8 nitrogen and oxygen atoms in total. The number of rotatable bonds is 9. The molecule has 2 aliphatic rings. The fourth-order valence-corrected chi connectivity index (χ4v) is 4.77. The lowest BCUT2D eigenvalue weighted by Crippen LogP contribution is -2.38. The molecule has 8 heteroatoms. The Morgan fingerprint density at radius 3 is 2.43 bits per heavy atom. The zero-order chi connectivity index (χ0) is 26.5. The van der Waals surface area contributed by atoms with E-state index in [-0.39, 0.29) is 17.1 Å². The van der Waals surface area contributed by atoms with Crippen molar-refractivity contribution < 1.29 is 29.3 Å². The van der Waals surface area contributed by atoms with E-state index in [9.17, 15) is 19.8 Å². The van der Waals surface area contributed by atoms with E-state index in [2.05, 4.69) is 18.7 Å². The van der Waals surface area contributed by atoms with Gasteiger partial charge in [0.15, 0.2) is 0 Å². The summed E-state index contributed by atoms with van der Waals surface area (Å²) in [6.07, 6.45) is 0.683. The first-order valence-corrected chi connectivity index (χ1v) is 12.9. The van der Waals surface area contributed by atoms with E-state index < -0.39 is 17.7 Å². The molecule has 0 aliphatic carbocycles. The van der Waals surface area contributed by atoms with Crippen LogP contribution in [0.25, 0.3) is 5.76 Å². The van der Waals surface area contributed by atoms with Crippen molar-refractivity contribution in [1.82, 2.24) is 9.80 Å². The number of amides is 1. The molecule has 0 bridgehead atoms. The SMILES string of the molecule is Cc1cc(/C(O)=C2/C(=O)C(=O)N(CCCN3CCOCC3)C2c2ccc(O)cc2)ccc1OCC(C)C. The molecule has 1 atom stereocenters. The van der Waals surface area contributed by atoms with Crippen LogP contribution in [0.2, 0.25) is 0 Å². The zero-order valence-corrected chi connectivity index (χ0v) is 21.8. The number of morpholine rings is 1. The molecule has 2 saturated heterocycles. The van der Waals surface area contributed by atoms with Gasteiger partial charge < -0.3 is 24.6 Å². The maximum Gasteiger partial charge on any atom is 0.295 e. The molecule has 37 heavy (non-hydrogen) atoms. The molecular formula is C29H36N2O6. The van der Waals surface area contributed by atoms with Gasteiger partial charge >= 0.3 is 0 Å². The lowest BCUT2D eigenvalue weighted by atomic mass is 9.94. The molecule has 2 aromatic rings. The molecule has 2 heterocycles. The van der Waals surface area contributed by atoms with Crippen molar-refractivity contribution in [2.24, 2.45) is 5.92 Å². The number of Topliss-reactive ketones (excluding diaryl/α,β-unsaturated/α-hetero) is 1. The Labute approximate surface area is 218 Å². The van der Waals surface area contributed by atoms with Crippen LogP contribution in [0.15, 0.2) is 48.0 Å². The summed E-state index contributed by atoms with van der Waals surface area (Å²) in [4.78, 5) is 30.3. The Morgan fingerprint density at radius 1 is 1.08 bits per heavy atom. The van der Waals surface area contributed by atoms with Gasteiger partial charge in [0.1, 0.15) is 17.3 Å². The van der Waals surface area contributed by atoms with Gasteiger partial charge in [-0.2, -0.15) is 0 Å². The number of hydrogen-bond donors (Lipinski definition) is 2. The summed E-state index contributed by atoms with van der Waals surface area (Å²) >= 11 is 0. The third kappa shape index (κ3) is 6.14. The van der Waals surface area contributed by atoms with Crippen molar-refractivity contribution in [1.29, 1.82) is 0 Å². The standard InChI is InChI=1S/C29H36N2O6/c1-19(2)18-37-24-10-7-22(17-20(24)3)27(33)25-26(21-5-8-23(32)9-6-21)31(29(35)28(25)34)12-4-11-30-13-15-36-16-14-30/h5-10,17,19,26,32-33H,4,11-16,18H2,1-3H3/b27-25-. The second-order valence-corrected chi connectivity index (χ2v) is 10.1. The zero-order valence-electron chi connectivity index (χ0n) is 21.8. The third-order valence-electron chi connectivity index (χ3n) is 6.75. The second-order valence-electron chi connectivity index (χ2n) is 10.1. The van der Waals surface area contributed by atoms with Crippen LogP contribution in [-0.2, 0) is 14.3 Å². The van der Waals surface area contributed by atoms with Crippen LogP contribution in [0, 0.1) is 12.8 Å². The van der Waals surface area contributed by atoms with Crippen molar-refractivity contribution in [3.05, 3.63) is 64.7 Å². The molecule has 0 aromatic heterocycles. The van der Waals surface area contributed by atoms with E-state index in [4.69, 9.17) is 9.47 Å². The quantitative estimate of drug-likeness (QED) is 0.301. The Bertz CT molecular complexity index is 1150. The van der Waals surface area contributed by atoms with Crippen molar-refractivity contribution in [3.63, 3.8) is 0 Å². The number of benzene rings is 2. The van der Waals surface area contributed by atoms with Crippen LogP contribution in [0.4, 0.5) is 0 Å². The van der Waals surface area contributed by atoms with E-state index in [1.807, 2.05) is 6.92 Å². The molecule has 198 valence electrons. The lowest BCUT2D eigenvalue weighted by molar-refractivity contribution is -0.140. The van der Waals surface area contributed by atoms with Gasteiger partial charge in [-0.15, -0.1) is 0 Å². The van der Waals surface area contributed by atoms with Gasteiger partial charge in [-0.25, -0.2) is 0 Å². The van der Waals surface area contributed by atoms with Gasteiger partial charge in [-0.1, -0.05) is 26.0 Å². The van der Waals surface area contributed by atoms with E-state index in [1.165, 1.54) is 17.0 Å². The Kier molecular flexibility index (Phi) is 8.51. The molecule has 4 rings (SSSR count). The van der Waals surface area contributed by atoms with Gasteiger partial charge in [0.05, 0.1) is 31.4 Å². The summed E-state index contributed by atoms with van der Waals surface area (Å²) in [7, 11) is 0.